The summed E-state index contributed by atoms with van der Waals surface area (Å²) in [6.45, 7) is 5.48. The van der Waals surface area contributed by atoms with E-state index in [0.717, 1.165) is 10.2 Å². The first-order valence-electron chi connectivity index (χ1n) is 5.11. The van der Waals surface area contributed by atoms with Gasteiger partial charge in [-0.15, -0.1) is 0 Å². The smallest absolute Gasteiger partial charge is 0.229 e. The summed E-state index contributed by atoms with van der Waals surface area (Å²) in [5, 5.41) is 2.74. The molecule has 4 nitrogen and oxygen atoms in total. The van der Waals surface area contributed by atoms with E-state index in [4.69, 9.17) is 5.73 Å². The van der Waals surface area contributed by atoms with Crippen molar-refractivity contribution in [1.82, 2.24) is 4.98 Å². The minimum atomic E-state index is -0.231. The summed E-state index contributed by atoms with van der Waals surface area (Å²) in [5.74, 6) is 0.216. The number of anilines is 1. The van der Waals surface area contributed by atoms with Crippen LogP contribution in [0.1, 0.15) is 19.5 Å². The fraction of sp³-hybridized carbons (Fsp3) is 0.455. The number of nitrogens with zero attached hydrogens (tertiary/aromatic N) is 1. The van der Waals surface area contributed by atoms with Crippen molar-refractivity contribution in [3.05, 3.63) is 22.3 Å². The predicted octanol–water partition coefficient (Wildman–Crippen LogP) is 2.07. The van der Waals surface area contributed by atoms with E-state index >= 15 is 0 Å². The fourth-order valence-corrected chi connectivity index (χ4v) is 1.31. The molecule has 0 aliphatic carbocycles. The lowest BCUT2D eigenvalue weighted by atomic mass is 10.0. The van der Waals surface area contributed by atoms with Crippen LogP contribution in [0.15, 0.2) is 16.6 Å². The molecule has 0 aromatic carbocycles. The number of carbonyl (C=O) groups excluding carboxylic acids is 1. The van der Waals surface area contributed by atoms with Gasteiger partial charge in [0.2, 0.25) is 5.91 Å². The second-order valence-corrected chi connectivity index (χ2v) is 4.76. The average Bonchev–Trinajstić information content (AvgIpc) is 2.22. The third-order valence-corrected chi connectivity index (χ3v) is 3.31. The number of hydrogen-bond donors (Lipinski definition) is 2. The van der Waals surface area contributed by atoms with Crippen LogP contribution in [-0.4, -0.2) is 16.9 Å². The molecule has 1 aromatic heterocycles. The highest BCUT2D eigenvalue weighted by Crippen LogP contribution is 2.16. The van der Waals surface area contributed by atoms with Crippen LogP contribution in [-0.2, 0) is 4.79 Å². The third kappa shape index (κ3) is 3.28. The van der Waals surface area contributed by atoms with Gasteiger partial charge in [0.15, 0.2) is 0 Å². The highest BCUT2D eigenvalue weighted by Gasteiger charge is 2.17. The molecule has 0 aliphatic rings. The minimum Gasteiger partial charge on any atom is -0.327 e. The van der Waals surface area contributed by atoms with Crippen molar-refractivity contribution >= 4 is 27.7 Å². The maximum Gasteiger partial charge on any atom is 0.229 e. The molecule has 0 fully saturated rings. The van der Waals surface area contributed by atoms with E-state index in [1.165, 1.54) is 0 Å². The molecule has 0 aliphatic heterocycles. The van der Waals surface area contributed by atoms with E-state index in [9.17, 15) is 4.79 Å². The largest absolute Gasteiger partial charge is 0.327 e. The Bertz CT molecular complexity index is 393. The number of nitrogens with one attached hydrogen (secondary N) is 1. The standard InChI is InChI=1S/C11H16BrN3O/c1-6(7(2)13)11(16)15-10-5-4-9(12)8(3)14-10/h4-7H,13H2,1-3H3,(H,14,15,16). The Morgan fingerprint density at radius 1 is 1.50 bits per heavy atom. The van der Waals surface area contributed by atoms with E-state index in [2.05, 4.69) is 26.2 Å². The minimum absolute atomic E-state index is 0.107. The van der Waals surface area contributed by atoms with Crippen LogP contribution < -0.4 is 11.1 Å². The highest BCUT2D eigenvalue weighted by atomic mass is 79.9. The monoisotopic (exact) mass is 285 g/mol. The second kappa shape index (κ2) is 5.41. The number of rotatable bonds is 3. The molecular formula is C11H16BrN3O. The number of carbonyl (C=O) groups is 1. The summed E-state index contributed by atoms with van der Waals surface area (Å²) in [6, 6.07) is 3.44. The van der Waals surface area contributed by atoms with Crippen LogP contribution >= 0.6 is 15.9 Å². The van der Waals surface area contributed by atoms with Crippen molar-refractivity contribution in [2.45, 2.75) is 26.8 Å². The number of aryl methyl sites for hydroxylation is 1. The van der Waals surface area contributed by atoms with Crippen molar-refractivity contribution in [3.8, 4) is 0 Å². The van der Waals surface area contributed by atoms with Gasteiger partial charge in [-0.1, -0.05) is 6.92 Å². The molecule has 1 rings (SSSR count). The van der Waals surface area contributed by atoms with Gasteiger partial charge in [0.25, 0.3) is 0 Å². The number of aromatic nitrogens is 1. The second-order valence-electron chi connectivity index (χ2n) is 3.90. The Balaban J connectivity index is 2.74. The van der Waals surface area contributed by atoms with Crippen molar-refractivity contribution in [2.24, 2.45) is 11.7 Å². The van der Waals surface area contributed by atoms with E-state index < -0.39 is 0 Å². The van der Waals surface area contributed by atoms with E-state index in [1.54, 1.807) is 13.0 Å². The Kier molecular flexibility index (Phi) is 4.44. The van der Waals surface area contributed by atoms with Crippen LogP contribution in [0.2, 0.25) is 0 Å². The van der Waals surface area contributed by atoms with E-state index in [-0.39, 0.29) is 17.9 Å². The molecule has 1 heterocycles. The Hall–Kier alpha value is -0.940. The lowest BCUT2D eigenvalue weighted by Crippen LogP contribution is -2.34. The van der Waals surface area contributed by atoms with Gasteiger partial charge in [0.1, 0.15) is 5.82 Å². The number of nitrogens with two attached hydrogens (primary N) is 1. The van der Waals surface area contributed by atoms with Gasteiger partial charge in [-0.3, -0.25) is 4.79 Å². The molecule has 2 atom stereocenters. The van der Waals surface area contributed by atoms with Crippen LogP contribution in [0.3, 0.4) is 0 Å². The summed E-state index contributed by atoms with van der Waals surface area (Å²) in [4.78, 5) is 15.9. The normalized spacial score (nSPS) is 14.3. The number of pyridine rings is 1. The first-order chi connectivity index (χ1) is 7.41. The molecule has 0 bridgehead atoms. The molecule has 88 valence electrons. The van der Waals surface area contributed by atoms with Crippen molar-refractivity contribution in [1.29, 1.82) is 0 Å². The lowest BCUT2D eigenvalue weighted by Gasteiger charge is -2.15. The van der Waals surface area contributed by atoms with Gasteiger partial charge in [-0.25, -0.2) is 4.98 Å². The predicted molar refractivity (Wildman–Crippen MR) is 68.1 cm³/mol. The number of amides is 1. The number of hydrogen-bond acceptors (Lipinski definition) is 3. The third-order valence-electron chi connectivity index (χ3n) is 2.47. The summed E-state index contributed by atoms with van der Waals surface area (Å²) < 4.78 is 0.922. The van der Waals surface area contributed by atoms with Gasteiger partial charge < -0.3 is 11.1 Å². The first kappa shape index (κ1) is 13.1. The quantitative estimate of drug-likeness (QED) is 0.893. The topological polar surface area (TPSA) is 68.0 Å². The lowest BCUT2D eigenvalue weighted by molar-refractivity contribution is -0.119. The highest BCUT2D eigenvalue weighted by molar-refractivity contribution is 9.10. The SMILES string of the molecule is Cc1nc(NC(=O)C(C)C(C)N)ccc1Br. The molecule has 1 aromatic rings. The summed E-state index contributed by atoms with van der Waals surface area (Å²) in [7, 11) is 0. The molecule has 16 heavy (non-hydrogen) atoms. The van der Waals surface area contributed by atoms with Crippen molar-refractivity contribution in [3.63, 3.8) is 0 Å². The van der Waals surface area contributed by atoms with Gasteiger partial charge in [-0.05, 0) is 41.9 Å². The van der Waals surface area contributed by atoms with Gasteiger partial charge in [-0.2, -0.15) is 0 Å². The fourth-order valence-electron chi connectivity index (χ4n) is 1.09. The van der Waals surface area contributed by atoms with Crippen LogP contribution in [0.5, 0.6) is 0 Å². The zero-order valence-corrected chi connectivity index (χ0v) is 11.2. The van der Waals surface area contributed by atoms with Crippen molar-refractivity contribution < 1.29 is 4.79 Å². The Morgan fingerprint density at radius 2 is 2.12 bits per heavy atom. The Labute approximate surface area is 104 Å². The van der Waals surface area contributed by atoms with Gasteiger partial charge in [0.05, 0.1) is 11.6 Å². The molecule has 2 unspecified atom stereocenters. The average molecular weight is 286 g/mol. The molecule has 5 heteroatoms. The maximum atomic E-state index is 11.7. The van der Waals surface area contributed by atoms with E-state index in [1.807, 2.05) is 19.9 Å². The van der Waals surface area contributed by atoms with Crippen LogP contribution in [0.25, 0.3) is 0 Å². The molecule has 0 radical (unpaired) electrons. The summed E-state index contributed by atoms with van der Waals surface area (Å²) in [5.41, 5.74) is 6.49. The molecule has 0 spiro atoms. The molecular weight excluding hydrogens is 270 g/mol. The van der Waals surface area contributed by atoms with Crippen LogP contribution in [0, 0.1) is 12.8 Å². The number of halogens is 1. The van der Waals surface area contributed by atoms with Crippen molar-refractivity contribution in [2.75, 3.05) is 5.32 Å². The molecule has 0 saturated carbocycles. The molecule has 1 amide bonds. The van der Waals surface area contributed by atoms with Crippen LogP contribution in [0.4, 0.5) is 5.82 Å². The van der Waals surface area contributed by atoms with Gasteiger partial charge in [0, 0.05) is 10.5 Å². The first-order valence-corrected chi connectivity index (χ1v) is 5.90. The van der Waals surface area contributed by atoms with E-state index in [0.29, 0.717) is 5.82 Å². The summed E-state index contributed by atoms with van der Waals surface area (Å²) >= 11 is 3.35. The molecule has 0 saturated heterocycles. The van der Waals surface area contributed by atoms with Gasteiger partial charge >= 0.3 is 0 Å². The molecule has 3 N–H and O–H groups in total. The zero-order valence-electron chi connectivity index (χ0n) is 9.62. The Morgan fingerprint density at radius 3 is 2.62 bits per heavy atom. The zero-order chi connectivity index (χ0) is 12.3. The summed E-state index contributed by atoms with van der Waals surface area (Å²) in [6.07, 6.45) is 0. The maximum absolute atomic E-state index is 11.7.